The number of amides is 2. The van der Waals surface area contributed by atoms with Gasteiger partial charge in [0.25, 0.3) is 0 Å². The molecule has 0 radical (unpaired) electrons. The highest BCUT2D eigenvalue weighted by atomic mass is 35.5. The van der Waals surface area contributed by atoms with Gasteiger partial charge >= 0.3 is 12.1 Å². The van der Waals surface area contributed by atoms with E-state index in [1.165, 1.54) is 19.1 Å². The summed E-state index contributed by atoms with van der Waals surface area (Å²) in [6.07, 6.45) is 2.32. The van der Waals surface area contributed by atoms with Crippen molar-refractivity contribution in [1.82, 2.24) is 10.2 Å². The summed E-state index contributed by atoms with van der Waals surface area (Å²) in [6.45, 7) is 13.4. The van der Waals surface area contributed by atoms with Crippen LogP contribution in [-0.2, 0) is 35.0 Å². The lowest BCUT2D eigenvalue weighted by molar-refractivity contribution is -0.271. The summed E-state index contributed by atoms with van der Waals surface area (Å²) < 4.78 is 29.5. The second-order valence-corrected chi connectivity index (χ2v) is 15.5. The number of hydrogen-bond donors (Lipinski definition) is 2. The molecular formula is C37H54ClN3O9. The summed E-state index contributed by atoms with van der Waals surface area (Å²) in [7, 11) is 6.45. The van der Waals surface area contributed by atoms with Gasteiger partial charge in [-0.05, 0) is 72.7 Å². The molecule has 0 saturated carbocycles. The number of ether oxygens (including phenoxy) is 5. The lowest BCUT2D eigenvalue weighted by atomic mass is 9.76. The minimum absolute atomic E-state index is 0.0354. The summed E-state index contributed by atoms with van der Waals surface area (Å²) in [5.41, 5.74) is -0.867. The Labute approximate surface area is 301 Å². The Morgan fingerprint density at radius 2 is 1.86 bits per heavy atom. The number of fused-ring (bicyclic) bond motifs is 6. The van der Waals surface area contributed by atoms with E-state index in [1.54, 1.807) is 26.1 Å². The molecule has 4 aliphatic rings. The molecule has 4 heterocycles. The number of esters is 1. The van der Waals surface area contributed by atoms with Crippen LogP contribution in [-0.4, -0.2) is 104 Å². The molecular weight excluding hydrogens is 666 g/mol. The first-order valence-corrected chi connectivity index (χ1v) is 17.4. The van der Waals surface area contributed by atoms with E-state index >= 15 is 0 Å². The van der Waals surface area contributed by atoms with Crippen molar-refractivity contribution in [3.05, 3.63) is 46.5 Å². The number of allylic oxidation sites excluding steroid dienone is 3. The second kappa shape index (κ2) is 15.2. The minimum Gasteiger partial charge on any atom is -0.495 e. The zero-order valence-electron chi connectivity index (χ0n) is 31.2. The van der Waals surface area contributed by atoms with Crippen molar-refractivity contribution in [2.24, 2.45) is 5.92 Å². The third-order valence-corrected chi connectivity index (χ3v) is 10.9. The van der Waals surface area contributed by atoms with Gasteiger partial charge in [0.2, 0.25) is 5.91 Å². The molecule has 12 nitrogen and oxygen atoms in total. The van der Waals surface area contributed by atoms with Crippen molar-refractivity contribution < 1.29 is 43.2 Å². The van der Waals surface area contributed by atoms with Gasteiger partial charge in [0.1, 0.15) is 40.7 Å². The van der Waals surface area contributed by atoms with E-state index < -0.39 is 53.8 Å². The Morgan fingerprint density at radius 1 is 1.20 bits per heavy atom. The van der Waals surface area contributed by atoms with E-state index in [4.69, 9.17) is 35.3 Å². The van der Waals surface area contributed by atoms with Crippen molar-refractivity contribution in [3.8, 4) is 5.75 Å². The first kappa shape index (κ1) is 39.6. The highest BCUT2D eigenvalue weighted by Crippen LogP contribution is 2.45. The standard InChI is InChI=1S/C37H54ClN3O9/c1-21-13-12-14-29(47-11)37(45)20-27(48-34(44)39-37)22(2)28-19-36(7,50-28)30(49-33(43)23(3)41(9)35(4,5)6)18-31(42)40(8)25-16-24(15-21)17-26(46-10)32(25)38/h12-14,16-17,22-23,27-30,45H,15,18-20H2,1-11H3,(H,39,44)/b14-12+,21-13+/t22-,23+,27+,28?,29-,30+,36-,37-/m1/s1. The van der Waals surface area contributed by atoms with Crippen LogP contribution in [0.4, 0.5) is 10.5 Å². The molecule has 2 N–H and O–H groups in total. The molecule has 2 fully saturated rings. The number of carbonyl (C=O) groups is 3. The Bertz CT molecular complexity index is 1500. The van der Waals surface area contributed by atoms with Crippen LogP contribution in [0.5, 0.6) is 5.75 Å². The topological polar surface area (TPSA) is 136 Å². The van der Waals surface area contributed by atoms with Crippen LogP contribution in [0.3, 0.4) is 0 Å². The van der Waals surface area contributed by atoms with Gasteiger partial charge in [0, 0.05) is 38.5 Å². The molecule has 1 aromatic rings. The quantitative estimate of drug-likeness (QED) is 0.392. The predicted octanol–water partition coefficient (Wildman–Crippen LogP) is 5.18. The maximum Gasteiger partial charge on any atom is 0.409 e. The molecule has 8 atom stereocenters. The fraction of sp³-hybridized carbons (Fsp3) is 0.649. The molecule has 1 aromatic carbocycles. The van der Waals surface area contributed by atoms with E-state index in [9.17, 15) is 19.5 Å². The first-order valence-electron chi connectivity index (χ1n) is 17.0. The van der Waals surface area contributed by atoms with Gasteiger partial charge in [-0.3, -0.25) is 19.8 Å². The highest BCUT2D eigenvalue weighted by Gasteiger charge is 2.55. The smallest absolute Gasteiger partial charge is 0.409 e. The average Bonchev–Trinajstić information content (AvgIpc) is 3.02. The van der Waals surface area contributed by atoms with Gasteiger partial charge in [-0.2, -0.15) is 0 Å². The summed E-state index contributed by atoms with van der Waals surface area (Å²) in [5.74, 6) is -0.776. The average molecular weight is 720 g/mol. The Morgan fingerprint density at radius 3 is 2.46 bits per heavy atom. The Balaban J connectivity index is 1.76. The number of halogens is 1. The van der Waals surface area contributed by atoms with Crippen LogP contribution in [0.2, 0.25) is 5.02 Å². The minimum atomic E-state index is -1.75. The SMILES string of the molecule is COc1cc2cc(c1Cl)N(C)C(=O)C[C@H](OC(=O)[C@H](C)N(C)C(C)(C)C)[C@@]1(C)CC(O1)[C@H](C)[C@@H]1C[C@](O)(NC(=O)O1)[C@H](OC)/C=C/C=C(\C)C2. The number of nitrogens with zero attached hydrogens (tertiary/aromatic N) is 2. The van der Waals surface area contributed by atoms with E-state index in [0.29, 0.717) is 24.3 Å². The number of carbonyl (C=O) groups excluding carboxylic acids is 3. The summed E-state index contributed by atoms with van der Waals surface area (Å²) in [5, 5.41) is 14.5. The molecule has 0 aromatic heterocycles. The van der Waals surface area contributed by atoms with Crippen LogP contribution in [0.1, 0.15) is 73.3 Å². The van der Waals surface area contributed by atoms with Gasteiger partial charge in [-0.15, -0.1) is 0 Å². The largest absolute Gasteiger partial charge is 0.495 e. The normalized spacial score (nSPS) is 33.2. The number of hydrogen-bond acceptors (Lipinski definition) is 10. The monoisotopic (exact) mass is 719 g/mol. The van der Waals surface area contributed by atoms with Gasteiger partial charge in [-0.25, -0.2) is 4.79 Å². The third kappa shape index (κ3) is 8.48. The van der Waals surface area contributed by atoms with Crippen LogP contribution >= 0.6 is 11.6 Å². The molecule has 50 heavy (non-hydrogen) atoms. The third-order valence-electron chi connectivity index (χ3n) is 10.5. The van der Waals surface area contributed by atoms with Crippen LogP contribution < -0.4 is 15.0 Å². The van der Waals surface area contributed by atoms with Gasteiger partial charge in [0.15, 0.2) is 5.72 Å². The van der Waals surface area contributed by atoms with Crippen LogP contribution in [0.15, 0.2) is 35.9 Å². The highest BCUT2D eigenvalue weighted by molar-refractivity contribution is 6.35. The molecule has 1 unspecified atom stereocenters. The fourth-order valence-electron chi connectivity index (χ4n) is 6.76. The lowest BCUT2D eigenvalue weighted by Gasteiger charge is -2.53. The van der Waals surface area contributed by atoms with Crippen molar-refractivity contribution in [3.63, 3.8) is 0 Å². The fourth-order valence-corrected chi connectivity index (χ4v) is 7.07. The zero-order chi connectivity index (χ0) is 37.3. The predicted molar refractivity (Wildman–Crippen MR) is 190 cm³/mol. The molecule has 278 valence electrons. The van der Waals surface area contributed by atoms with E-state index in [0.717, 1.165) is 11.1 Å². The van der Waals surface area contributed by atoms with Crippen molar-refractivity contribution in [1.29, 1.82) is 0 Å². The Hall–Kier alpha value is -3.16. The number of alkyl carbamates (subject to hydrolysis) is 1. The number of likely N-dealkylation sites (N-methyl/N-ethyl adjacent to an activating group) is 1. The van der Waals surface area contributed by atoms with E-state index in [-0.39, 0.29) is 35.2 Å². The molecule has 2 amide bonds. The number of nitrogens with one attached hydrogen (secondary N) is 1. The number of methoxy groups -OCH3 is 2. The summed E-state index contributed by atoms with van der Waals surface area (Å²) in [4.78, 5) is 43.8. The van der Waals surface area contributed by atoms with Gasteiger partial charge in [-0.1, -0.05) is 42.3 Å². The molecule has 0 spiro atoms. The van der Waals surface area contributed by atoms with E-state index in [2.05, 4.69) is 5.32 Å². The number of aliphatic hydroxyl groups is 1. The lowest BCUT2D eigenvalue weighted by Crippen LogP contribution is -2.66. The Kier molecular flexibility index (Phi) is 12.1. The van der Waals surface area contributed by atoms with Crippen LogP contribution in [0.25, 0.3) is 0 Å². The summed E-state index contributed by atoms with van der Waals surface area (Å²) >= 11 is 6.77. The van der Waals surface area contributed by atoms with Gasteiger partial charge in [0.05, 0.1) is 25.3 Å². The number of benzene rings is 1. The van der Waals surface area contributed by atoms with E-state index in [1.807, 2.05) is 71.7 Å². The second-order valence-electron chi connectivity index (χ2n) is 15.1. The molecule has 4 aliphatic heterocycles. The van der Waals surface area contributed by atoms with Gasteiger partial charge < -0.3 is 33.7 Å². The van der Waals surface area contributed by atoms with Crippen molar-refractivity contribution in [2.45, 2.75) is 121 Å². The zero-order valence-corrected chi connectivity index (χ0v) is 31.9. The molecule has 13 heteroatoms. The number of anilines is 1. The molecule has 6 bridgehead atoms. The number of rotatable bonds is 5. The molecule has 2 saturated heterocycles. The maximum absolute atomic E-state index is 14.1. The van der Waals surface area contributed by atoms with Crippen molar-refractivity contribution in [2.75, 3.05) is 33.2 Å². The van der Waals surface area contributed by atoms with Crippen molar-refractivity contribution >= 4 is 35.3 Å². The van der Waals surface area contributed by atoms with Crippen LogP contribution in [0, 0.1) is 5.92 Å². The molecule has 5 rings (SSSR count). The maximum atomic E-state index is 14.1. The molecule has 0 aliphatic carbocycles. The summed E-state index contributed by atoms with van der Waals surface area (Å²) in [6, 6.07) is 3.04. The first-order chi connectivity index (χ1) is 23.2.